The Balaban J connectivity index is 0.00000361. The maximum absolute atomic E-state index is 12.1. The highest BCUT2D eigenvalue weighted by atomic mass is 35.5. The Bertz CT molecular complexity index is 420. The molecular formula is C15H23ClNO3-. The van der Waals surface area contributed by atoms with E-state index in [1.807, 2.05) is 0 Å². The van der Waals surface area contributed by atoms with Gasteiger partial charge in [-0.25, -0.2) is 0 Å². The first kappa shape index (κ1) is 18.7. The monoisotopic (exact) mass is 300 g/mol. The Labute approximate surface area is 127 Å². The van der Waals surface area contributed by atoms with Gasteiger partial charge in [-0.1, -0.05) is 13.8 Å². The first-order valence-electron chi connectivity index (χ1n) is 6.63. The zero-order valence-corrected chi connectivity index (χ0v) is 13.4. The third-order valence-electron chi connectivity index (χ3n) is 3.26. The first-order chi connectivity index (χ1) is 9.15. The maximum atomic E-state index is 12.1. The number of carbonyl (C=O) groups is 1. The fourth-order valence-corrected chi connectivity index (χ4v) is 1.95. The lowest BCUT2D eigenvalue weighted by atomic mass is 10.1. The van der Waals surface area contributed by atoms with Crippen LogP contribution >= 0.6 is 0 Å². The van der Waals surface area contributed by atoms with E-state index in [1.165, 1.54) is 0 Å². The van der Waals surface area contributed by atoms with Crippen molar-refractivity contribution in [2.75, 3.05) is 33.9 Å². The molecule has 0 radical (unpaired) electrons. The van der Waals surface area contributed by atoms with Crippen molar-refractivity contribution in [2.45, 2.75) is 20.3 Å². The molecule has 0 bridgehead atoms. The molecule has 0 aromatic heterocycles. The van der Waals surface area contributed by atoms with Crippen molar-refractivity contribution in [1.29, 1.82) is 0 Å². The second-order valence-corrected chi connectivity index (χ2v) is 4.27. The molecule has 0 aliphatic rings. The molecule has 4 nitrogen and oxygen atoms in total. The van der Waals surface area contributed by atoms with Crippen LogP contribution in [0.3, 0.4) is 0 Å². The molecule has 1 rings (SSSR count). The zero-order valence-electron chi connectivity index (χ0n) is 12.6. The molecule has 20 heavy (non-hydrogen) atoms. The van der Waals surface area contributed by atoms with Gasteiger partial charge in [0.25, 0.3) is 0 Å². The van der Waals surface area contributed by atoms with Crippen LogP contribution in [0.4, 0.5) is 0 Å². The van der Waals surface area contributed by atoms with Gasteiger partial charge in [0, 0.05) is 18.5 Å². The maximum Gasteiger partial charge on any atom is 0.164 e. The third-order valence-corrected chi connectivity index (χ3v) is 3.26. The van der Waals surface area contributed by atoms with Crippen LogP contribution in [-0.4, -0.2) is 44.5 Å². The molecule has 0 aliphatic heterocycles. The molecule has 0 N–H and O–H groups in total. The largest absolute Gasteiger partial charge is 1.00 e. The standard InChI is InChI=1S/C15H23NO3.ClH/c1-5-16(6-2)10-9-13(17)12-7-8-14(18-3)15(11-12)19-4;/h7-8,11H,5-6,9-10H2,1-4H3;1H/p-1. The summed E-state index contributed by atoms with van der Waals surface area (Å²) in [6, 6.07) is 5.29. The number of hydrogen-bond acceptors (Lipinski definition) is 4. The summed E-state index contributed by atoms with van der Waals surface area (Å²) in [7, 11) is 3.15. The molecule has 5 heteroatoms. The van der Waals surface area contributed by atoms with Crippen LogP contribution in [0.5, 0.6) is 11.5 Å². The second-order valence-electron chi connectivity index (χ2n) is 4.27. The highest BCUT2D eigenvalue weighted by Gasteiger charge is 2.11. The van der Waals surface area contributed by atoms with E-state index in [-0.39, 0.29) is 18.2 Å². The van der Waals surface area contributed by atoms with Gasteiger partial charge in [0.2, 0.25) is 0 Å². The average molecular weight is 301 g/mol. The summed E-state index contributed by atoms with van der Waals surface area (Å²) < 4.78 is 10.4. The molecule has 0 spiro atoms. The number of hydrogen-bond donors (Lipinski definition) is 0. The first-order valence-corrected chi connectivity index (χ1v) is 6.63. The van der Waals surface area contributed by atoms with Crippen LogP contribution in [0.25, 0.3) is 0 Å². The zero-order chi connectivity index (χ0) is 14.3. The summed E-state index contributed by atoms with van der Waals surface area (Å²) >= 11 is 0. The number of ether oxygens (including phenoxy) is 2. The molecule has 1 aromatic carbocycles. The molecule has 0 unspecified atom stereocenters. The predicted molar refractivity (Wildman–Crippen MR) is 76.3 cm³/mol. The molecule has 1 aromatic rings. The number of nitrogens with zero attached hydrogens (tertiary/aromatic N) is 1. The number of ketones is 1. The van der Waals surface area contributed by atoms with Crippen molar-refractivity contribution in [3.63, 3.8) is 0 Å². The normalized spacial score (nSPS) is 10.1. The number of methoxy groups -OCH3 is 2. The van der Waals surface area contributed by atoms with Crippen LogP contribution < -0.4 is 21.9 Å². The molecule has 0 saturated heterocycles. The van der Waals surface area contributed by atoms with Crippen LogP contribution in [0, 0.1) is 0 Å². The molecule has 0 atom stereocenters. The minimum atomic E-state index is 0. The Kier molecular flexibility index (Phi) is 9.01. The summed E-state index contributed by atoms with van der Waals surface area (Å²) in [6.07, 6.45) is 0.525. The summed E-state index contributed by atoms with van der Waals surface area (Å²) in [6.45, 7) is 6.93. The fourth-order valence-electron chi connectivity index (χ4n) is 1.95. The van der Waals surface area contributed by atoms with E-state index in [0.29, 0.717) is 23.5 Å². The van der Waals surface area contributed by atoms with Gasteiger partial charge in [-0.05, 0) is 31.3 Å². The molecule has 114 valence electrons. The Morgan fingerprint density at radius 3 is 2.20 bits per heavy atom. The van der Waals surface area contributed by atoms with Crippen molar-refractivity contribution < 1.29 is 26.7 Å². The lowest BCUT2D eigenvalue weighted by molar-refractivity contribution is -0.0000127. The number of halogens is 1. The van der Waals surface area contributed by atoms with E-state index in [1.54, 1.807) is 32.4 Å². The summed E-state index contributed by atoms with van der Waals surface area (Å²) in [5.41, 5.74) is 0.671. The fraction of sp³-hybridized carbons (Fsp3) is 0.533. The number of Topliss-reactive ketones (excluding diaryl/α,β-unsaturated/α-hetero) is 1. The quantitative estimate of drug-likeness (QED) is 0.614. The van der Waals surface area contributed by atoms with Gasteiger partial charge in [0.05, 0.1) is 14.2 Å². The van der Waals surface area contributed by atoms with Crippen LogP contribution in [0.15, 0.2) is 18.2 Å². The van der Waals surface area contributed by atoms with E-state index >= 15 is 0 Å². The van der Waals surface area contributed by atoms with Gasteiger partial charge in [0.15, 0.2) is 17.3 Å². The van der Waals surface area contributed by atoms with E-state index < -0.39 is 0 Å². The molecule has 0 heterocycles. The van der Waals surface area contributed by atoms with Gasteiger partial charge in [-0.15, -0.1) is 0 Å². The Morgan fingerprint density at radius 1 is 1.10 bits per heavy atom. The van der Waals surface area contributed by atoms with E-state index in [9.17, 15) is 4.79 Å². The highest BCUT2D eigenvalue weighted by Crippen LogP contribution is 2.27. The molecule has 0 saturated carbocycles. The van der Waals surface area contributed by atoms with Crippen molar-refractivity contribution in [2.24, 2.45) is 0 Å². The lowest BCUT2D eigenvalue weighted by Gasteiger charge is -2.17. The van der Waals surface area contributed by atoms with Crippen molar-refractivity contribution in [1.82, 2.24) is 4.90 Å². The van der Waals surface area contributed by atoms with Crippen molar-refractivity contribution in [3.8, 4) is 11.5 Å². The van der Waals surface area contributed by atoms with Crippen molar-refractivity contribution in [3.05, 3.63) is 23.8 Å². The SMILES string of the molecule is CCN(CC)CCC(=O)c1ccc(OC)c(OC)c1.[Cl-]. The van der Waals surface area contributed by atoms with E-state index in [4.69, 9.17) is 9.47 Å². The number of rotatable bonds is 8. The van der Waals surface area contributed by atoms with Crippen LogP contribution in [-0.2, 0) is 0 Å². The van der Waals surface area contributed by atoms with Crippen molar-refractivity contribution >= 4 is 5.78 Å². The summed E-state index contributed by atoms with van der Waals surface area (Å²) in [5, 5.41) is 0. The third kappa shape index (κ3) is 5.02. The van der Waals surface area contributed by atoms with Gasteiger partial charge >= 0.3 is 0 Å². The van der Waals surface area contributed by atoms with Crippen LogP contribution in [0.1, 0.15) is 30.6 Å². The van der Waals surface area contributed by atoms with Gasteiger partial charge in [-0.3, -0.25) is 4.79 Å². The number of benzene rings is 1. The lowest BCUT2D eigenvalue weighted by Crippen LogP contribution is -3.00. The summed E-state index contributed by atoms with van der Waals surface area (Å²) in [4.78, 5) is 14.4. The van der Waals surface area contributed by atoms with E-state index in [0.717, 1.165) is 19.6 Å². The Morgan fingerprint density at radius 2 is 1.70 bits per heavy atom. The average Bonchev–Trinajstić information content (AvgIpc) is 2.47. The predicted octanol–water partition coefficient (Wildman–Crippen LogP) is -0.378. The summed E-state index contributed by atoms with van der Waals surface area (Å²) in [5.74, 6) is 1.37. The van der Waals surface area contributed by atoms with E-state index in [2.05, 4.69) is 18.7 Å². The molecule has 0 aliphatic carbocycles. The van der Waals surface area contributed by atoms with Gasteiger partial charge in [0.1, 0.15) is 0 Å². The highest BCUT2D eigenvalue weighted by molar-refractivity contribution is 5.96. The Hall–Kier alpha value is -1.26. The smallest absolute Gasteiger partial charge is 0.164 e. The van der Waals surface area contributed by atoms with Gasteiger partial charge < -0.3 is 26.8 Å². The molecular weight excluding hydrogens is 278 g/mol. The van der Waals surface area contributed by atoms with Crippen LogP contribution in [0.2, 0.25) is 0 Å². The minimum Gasteiger partial charge on any atom is -1.00 e. The van der Waals surface area contributed by atoms with Gasteiger partial charge in [-0.2, -0.15) is 0 Å². The molecule has 0 fully saturated rings. The minimum absolute atomic E-state index is 0. The topological polar surface area (TPSA) is 38.8 Å². The second kappa shape index (κ2) is 9.61. The number of carbonyl (C=O) groups excluding carboxylic acids is 1. The molecule has 0 amide bonds.